The van der Waals surface area contributed by atoms with Crippen LogP contribution < -0.4 is 0 Å². The Morgan fingerprint density at radius 1 is 0.358 bits per heavy atom. The number of hydrogen-bond donors (Lipinski definition) is 0. The van der Waals surface area contributed by atoms with Crippen molar-refractivity contribution < 1.29 is 0 Å². The SMILES string of the molecule is CC(C)(C)c1ccc(-c2c3ccccc3c(-c3ccc4c(ccc5ccccc54)c3)c3cc(-c4ccc5c(c4)C(C)(C)c4ccccc4-5)ccc23)cc1. The Bertz CT molecular complexity index is 2930. The molecule has 1 aliphatic carbocycles. The summed E-state index contributed by atoms with van der Waals surface area (Å²) in [5, 5.41) is 10.2. The first-order valence-electron chi connectivity index (χ1n) is 18.9. The molecule has 53 heavy (non-hydrogen) atoms. The van der Waals surface area contributed by atoms with Gasteiger partial charge in [-0.05, 0) is 128 Å². The van der Waals surface area contributed by atoms with Gasteiger partial charge in [0.15, 0.2) is 0 Å². The van der Waals surface area contributed by atoms with Crippen molar-refractivity contribution in [2.75, 3.05) is 0 Å². The predicted octanol–water partition coefficient (Wildman–Crippen LogP) is 14.9. The second-order valence-corrected chi connectivity index (χ2v) is 16.5. The van der Waals surface area contributed by atoms with Gasteiger partial charge in [-0.15, -0.1) is 0 Å². The molecule has 0 spiro atoms. The van der Waals surface area contributed by atoms with E-state index in [2.05, 4.69) is 198 Å². The molecule has 9 aromatic carbocycles. The fraction of sp³-hybridized carbons (Fsp3) is 0.132. The second kappa shape index (κ2) is 11.5. The number of fused-ring (bicyclic) bond motifs is 8. The van der Waals surface area contributed by atoms with Crippen LogP contribution >= 0.6 is 0 Å². The van der Waals surface area contributed by atoms with Gasteiger partial charge < -0.3 is 0 Å². The van der Waals surface area contributed by atoms with Crippen LogP contribution in [0.4, 0.5) is 0 Å². The highest BCUT2D eigenvalue weighted by molar-refractivity contribution is 6.22. The van der Waals surface area contributed by atoms with Gasteiger partial charge in [0.25, 0.3) is 0 Å². The molecule has 0 heteroatoms. The number of hydrogen-bond acceptors (Lipinski definition) is 0. The highest BCUT2D eigenvalue weighted by Crippen LogP contribution is 2.50. The molecule has 0 radical (unpaired) electrons. The maximum atomic E-state index is 2.46. The highest BCUT2D eigenvalue weighted by Gasteiger charge is 2.35. The predicted molar refractivity (Wildman–Crippen MR) is 229 cm³/mol. The summed E-state index contributed by atoms with van der Waals surface area (Å²) in [6, 6.07) is 61.9. The molecule has 0 aliphatic heterocycles. The highest BCUT2D eigenvalue weighted by atomic mass is 14.4. The van der Waals surface area contributed by atoms with Crippen molar-refractivity contribution in [1.29, 1.82) is 0 Å². The minimum atomic E-state index is -0.0538. The van der Waals surface area contributed by atoms with Gasteiger partial charge in [-0.2, -0.15) is 0 Å². The van der Waals surface area contributed by atoms with Gasteiger partial charge in [0, 0.05) is 5.41 Å². The number of rotatable bonds is 3. The zero-order valence-electron chi connectivity index (χ0n) is 31.1. The number of benzene rings is 9. The molecule has 0 fully saturated rings. The van der Waals surface area contributed by atoms with E-state index >= 15 is 0 Å². The third-order valence-corrected chi connectivity index (χ3v) is 12.0. The van der Waals surface area contributed by atoms with Crippen molar-refractivity contribution >= 4 is 43.1 Å². The van der Waals surface area contributed by atoms with Crippen LogP contribution in [0.2, 0.25) is 0 Å². The van der Waals surface area contributed by atoms with Crippen LogP contribution in [0.1, 0.15) is 51.3 Å². The lowest BCUT2D eigenvalue weighted by Crippen LogP contribution is -2.14. The monoisotopic (exact) mass is 678 g/mol. The van der Waals surface area contributed by atoms with Gasteiger partial charge in [-0.25, -0.2) is 0 Å². The van der Waals surface area contributed by atoms with E-state index in [1.165, 1.54) is 104 Å². The maximum Gasteiger partial charge on any atom is 0.0159 e. The van der Waals surface area contributed by atoms with E-state index in [4.69, 9.17) is 0 Å². The molecule has 0 unspecified atom stereocenters. The van der Waals surface area contributed by atoms with Gasteiger partial charge in [-0.1, -0.05) is 180 Å². The Hall–Kier alpha value is -5.98. The molecule has 0 bridgehead atoms. The van der Waals surface area contributed by atoms with Crippen molar-refractivity contribution in [3.05, 3.63) is 180 Å². The largest absolute Gasteiger partial charge is 0.0619 e. The van der Waals surface area contributed by atoms with Gasteiger partial charge in [0.2, 0.25) is 0 Å². The zero-order chi connectivity index (χ0) is 36.1. The molecule has 10 rings (SSSR count). The van der Waals surface area contributed by atoms with Crippen molar-refractivity contribution in [1.82, 2.24) is 0 Å². The van der Waals surface area contributed by atoms with Crippen LogP contribution in [0.5, 0.6) is 0 Å². The molecule has 1 aliphatic rings. The van der Waals surface area contributed by atoms with Crippen molar-refractivity contribution in [2.24, 2.45) is 0 Å². The molecule has 0 atom stereocenters. The average Bonchev–Trinajstić information content (AvgIpc) is 3.41. The summed E-state index contributed by atoms with van der Waals surface area (Å²) in [6.45, 7) is 11.6. The second-order valence-electron chi connectivity index (χ2n) is 16.5. The van der Waals surface area contributed by atoms with E-state index in [1.807, 2.05) is 0 Å². The molecular formula is C53H42. The lowest BCUT2D eigenvalue weighted by atomic mass is 9.81. The van der Waals surface area contributed by atoms with E-state index in [0.717, 1.165) is 0 Å². The Balaban J connectivity index is 1.25. The fourth-order valence-electron chi connectivity index (χ4n) is 9.17. The van der Waals surface area contributed by atoms with Crippen LogP contribution in [0.25, 0.3) is 87.6 Å². The van der Waals surface area contributed by atoms with Crippen LogP contribution in [-0.2, 0) is 10.8 Å². The minimum absolute atomic E-state index is 0.0538. The molecule has 0 aromatic heterocycles. The fourth-order valence-corrected chi connectivity index (χ4v) is 9.17. The molecule has 0 nitrogen and oxygen atoms in total. The van der Waals surface area contributed by atoms with E-state index in [0.29, 0.717) is 0 Å². The smallest absolute Gasteiger partial charge is 0.0159 e. The molecule has 9 aromatic rings. The van der Waals surface area contributed by atoms with Gasteiger partial charge in [0.05, 0.1) is 0 Å². The van der Waals surface area contributed by atoms with Crippen molar-refractivity contribution in [3.8, 4) is 44.5 Å². The van der Waals surface area contributed by atoms with Crippen LogP contribution in [0, 0.1) is 0 Å². The van der Waals surface area contributed by atoms with Gasteiger partial charge in [0.1, 0.15) is 0 Å². The molecule has 0 N–H and O–H groups in total. The van der Waals surface area contributed by atoms with E-state index in [-0.39, 0.29) is 10.8 Å². The molecule has 254 valence electrons. The summed E-state index contributed by atoms with van der Waals surface area (Å²) in [5.41, 5.74) is 14.5. The normalized spacial score (nSPS) is 13.5. The molecular weight excluding hydrogens is 637 g/mol. The minimum Gasteiger partial charge on any atom is -0.0619 e. The zero-order valence-corrected chi connectivity index (χ0v) is 31.1. The van der Waals surface area contributed by atoms with E-state index in [9.17, 15) is 0 Å². The summed E-state index contributed by atoms with van der Waals surface area (Å²) in [7, 11) is 0. The summed E-state index contributed by atoms with van der Waals surface area (Å²) in [5.74, 6) is 0. The summed E-state index contributed by atoms with van der Waals surface area (Å²) in [4.78, 5) is 0. The molecule has 0 heterocycles. The summed E-state index contributed by atoms with van der Waals surface area (Å²) < 4.78 is 0. The van der Waals surface area contributed by atoms with Gasteiger partial charge in [-0.3, -0.25) is 0 Å². The molecule has 0 saturated carbocycles. The summed E-state index contributed by atoms with van der Waals surface area (Å²) in [6.07, 6.45) is 0. The Labute approximate surface area is 312 Å². The Kier molecular flexibility index (Phi) is 6.89. The van der Waals surface area contributed by atoms with Crippen LogP contribution in [0.3, 0.4) is 0 Å². The lowest BCUT2D eigenvalue weighted by Gasteiger charge is -2.22. The first-order valence-corrected chi connectivity index (χ1v) is 18.9. The topological polar surface area (TPSA) is 0 Å². The maximum absolute atomic E-state index is 2.46. The summed E-state index contributed by atoms with van der Waals surface area (Å²) >= 11 is 0. The first-order chi connectivity index (χ1) is 25.7. The third-order valence-electron chi connectivity index (χ3n) is 12.0. The molecule has 0 saturated heterocycles. The van der Waals surface area contributed by atoms with Gasteiger partial charge >= 0.3 is 0 Å². The van der Waals surface area contributed by atoms with Crippen LogP contribution in [-0.4, -0.2) is 0 Å². The lowest BCUT2D eigenvalue weighted by molar-refractivity contribution is 0.590. The first kappa shape index (κ1) is 31.7. The van der Waals surface area contributed by atoms with Crippen molar-refractivity contribution in [3.63, 3.8) is 0 Å². The van der Waals surface area contributed by atoms with E-state index in [1.54, 1.807) is 0 Å². The third kappa shape index (κ3) is 4.89. The Morgan fingerprint density at radius 3 is 1.66 bits per heavy atom. The average molecular weight is 679 g/mol. The molecule has 0 amide bonds. The van der Waals surface area contributed by atoms with Crippen LogP contribution in [0.15, 0.2) is 164 Å². The quantitative estimate of drug-likeness (QED) is 0.129. The standard InChI is InChI=1S/C53H42/c1-52(2,3)39-25-20-34(21-26-39)50-44-15-8-9-16-45(44)51(38-24-27-41-37(30-38)19-18-33-12-6-7-13-40(33)41)47-31-35(23-29-46(47)50)36-22-28-43-42-14-10-11-17-48(42)53(4,5)49(43)32-36/h6-32H,1-5H3. The van der Waals surface area contributed by atoms with E-state index < -0.39 is 0 Å². The van der Waals surface area contributed by atoms with Crippen molar-refractivity contribution in [2.45, 2.75) is 45.4 Å². The Morgan fingerprint density at radius 2 is 0.887 bits per heavy atom.